The lowest BCUT2D eigenvalue weighted by atomic mass is 10.1. The van der Waals surface area contributed by atoms with Gasteiger partial charge in [-0.1, -0.05) is 29.8 Å². The van der Waals surface area contributed by atoms with Gasteiger partial charge in [-0.05, 0) is 25.5 Å². The van der Waals surface area contributed by atoms with Crippen molar-refractivity contribution >= 4 is 11.8 Å². The second-order valence-corrected chi connectivity index (χ2v) is 5.24. The van der Waals surface area contributed by atoms with Gasteiger partial charge in [-0.25, -0.2) is 0 Å². The monoisotopic (exact) mass is 300 g/mol. The number of benzene rings is 1. The van der Waals surface area contributed by atoms with Gasteiger partial charge in [0.15, 0.2) is 0 Å². The number of nitrogens with one attached hydrogen (secondary N) is 2. The van der Waals surface area contributed by atoms with Gasteiger partial charge in [-0.2, -0.15) is 5.10 Å². The summed E-state index contributed by atoms with van der Waals surface area (Å²) in [6, 6.07) is 9.59. The van der Waals surface area contributed by atoms with E-state index in [9.17, 15) is 9.59 Å². The van der Waals surface area contributed by atoms with E-state index in [-0.39, 0.29) is 18.4 Å². The molecule has 0 bridgehead atoms. The summed E-state index contributed by atoms with van der Waals surface area (Å²) < 4.78 is 1.62. The molecule has 22 heavy (non-hydrogen) atoms. The molecule has 1 heterocycles. The number of carbonyl (C=O) groups is 2. The van der Waals surface area contributed by atoms with Crippen LogP contribution in [0, 0.1) is 13.8 Å². The maximum absolute atomic E-state index is 11.9. The number of rotatable bonds is 5. The maximum Gasteiger partial charge on any atom is 0.272 e. The Morgan fingerprint density at radius 3 is 2.41 bits per heavy atom. The molecule has 0 saturated carbocycles. The highest BCUT2D eigenvalue weighted by molar-refractivity contribution is 5.94. The number of aryl methyl sites for hydroxylation is 3. The number of nitrogens with zero attached hydrogens (tertiary/aromatic N) is 2. The largest absolute Gasteiger partial charge is 0.350 e. The first-order valence-electron chi connectivity index (χ1n) is 7.07. The van der Waals surface area contributed by atoms with Crippen molar-refractivity contribution in [3.63, 3.8) is 0 Å². The van der Waals surface area contributed by atoms with E-state index < -0.39 is 0 Å². The molecule has 2 N–H and O–H groups in total. The normalized spacial score (nSPS) is 10.3. The van der Waals surface area contributed by atoms with Crippen molar-refractivity contribution in [2.75, 3.05) is 6.54 Å². The van der Waals surface area contributed by atoms with Gasteiger partial charge in [0, 0.05) is 19.3 Å². The molecular weight excluding hydrogens is 280 g/mol. The van der Waals surface area contributed by atoms with Crippen LogP contribution in [0.1, 0.15) is 27.3 Å². The minimum absolute atomic E-state index is 0.0691. The summed E-state index contributed by atoms with van der Waals surface area (Å²) in [7, 11) is 1.76. The van der Waals surface area contributed by atoms with Crippen molar-refractivity contribution in [3.05, 3.63) is 52.8 Å². The molecule has 6 heteroatoms. The molecule has 0 aliphatic carbocycles. The first kappa shape index (κ1) is 15.8. The highest BCUT2D eigenvalue weighted by Gasteiger charge is 2.12. The van der Waals surface area contributed by atoms with E-state index in [2.05, 4.69) is 15.7 Å². The molecule has 2 amide bonds. The van der Waals surface area contributed by atoms with Crippen molar-refractivity contribution in [2.45, 2.75) is 20.4 Å². The predicted molar refractivity (Wildman–Crippen MR) is 83.3 cm³/mol. The van der Waals surface area contributed by atoms with Crippen LogP contribution in [0.5, 0.6) is 0 Å². The van der Waals surface area contributed by atoms with Crippen LogP contribution in [0.2, 0.25) is 0 Å². The Balaban J connectivity index is 1.77. The zero-order valence-electron chi connectivity index (χ0n) is 13.0. The standard InChI is InChI=1S/C16H20N4O2/c1-11-4-6-13(7-5-11)9-17-15(21)10-18-16(22)14-8-12(2)20(3)19-14/h4-8H,9-10H2,1-3H3,(H,17,21)(H,18,22). The molecule has 2 aromatic rings. The molecule has 1 aromatic carbocycles. The van der Waals surface area contributed by atoms with Crippen molar-refractivity contribution in [1.82, 2.24) is 20.4 Å². The number of carbonyl (C=O) groups excluding carboxylic acids is 2. The van der Waals surface area contributed by atoms with Crippen LogP contribution in [-0.4, -0.2) is 28.1 Å². The second-order valence-electron chi connectivity index (χ2n) is 5.24. The van der Waals surface area contributed by atoms with Crippen LogP contribution in [0.4, 0.5) is 0 Å². The molecule has 0 saturated heterocycles. The minimum atomic E-state index is -0.353. The first-order valence-corrected chi connectivity index (χ1v) is 7.07. The van der Waals surface area contributed by atoms with Crippen molar-refractivity contribution in [2.24, 2.45) is 7.05 Å². The van der Waals surface area contributed by atoms with Crippen LogP contribution in [0.15, 0.2) is 30.3 Å². The van der Waals surface area contributed by atoms with Crippen LogP contribution in [-0.2, 0) is 18.4 Å². The fourth-order valence-corrected chi connectivity index (χ4v) is 1.89. The average Bonchev–Trinajstić information content (AvgIpc) is 2.84. The SMILES string of the molecule is Cc1ccc(CNC(=O)CNC(=O)c2cc(C)n(C)n2)cc1. The third-order valence-corrected chi connectivity index (χ3v) is 3.37. The fourth-order valence-electron chi connectivity index (χ4n) is 1.89. The lowest BCUT2D eigenvalue weighted by Gasteiger charge is -2.06. The van der Waals surface area contributed by atoms with Crippen molar-refractivity contribution < 1.29 is 9.59 Å². The molecule has 0 spiro atoms. The number of aromatic nitrogens is 2. The van der Waals surface area contributed by atoms with E-state index in [1.54, 1.807) is 17.8 Å². The van der Waals surface area contributed by atoms with Crippen LogP contribution in [0.25, 0.3) is 0 Å². The number of amides is 2. The highest BCUT2D eigenvalue weighted by atomic mass is 16.2. The predicted octanol–water partition coefficient (Wildman–Crippen LogP) is 1.08. The van der Waals surface area contributed by atoms with Crippen LogP contribution >= 0.6 is 0 Å². The maximum atomic E-state index is 11.9. The van der Waals surface area contributed by atoms with E-state index in [0.29, 0.717) is 12.2 Å². The van der Waals surface area contributed by atoms with E-state index in [1.165, 1.54) is 5.56 Å². The van der Waals surface area contributed by atoms with Gasteiger partial charge in [0.25, 0.3) is 5.91 Å². The molecule has 0 radical (unpaired) electrons. The van der Waals surface area contributed by atoms with Gasteiger partial charge in [-0.3, -0.25) is 14.3 Å². The Morgan fingerprint density at radius 1 is 1.14 bits per heavy atom. The average molecular weight is 300 g/mol. The molecule has 0 fully saturated rings. The Labute approximate surface area is 129 Å². The van der Waals surface area contributed by atoms with E-state index >= 15 is 0 Å². The van der Waals surface area contributed by atoms with Gasteiger partial charge < -0.3 is 10.6 Å². The van der Waals surface area contributed by atoms with Crippen LogP contribution < -0.4 is 10.6 Å². The lowest BCUT2D eigenvalue weighted by Crippen LogP contribution is -2.36. The second kappa shape index (κ2) is 6.89. The van der Waals surface area contributed by atoms with Gasteiger partial charge in [-0.15, -0.1) is 0 Å². The summed E-state index contributed by atoms with van der Waals surface area (Å²) in [5, 5.41) is 9.38. The summed E-state index contributed by atoms with van der Waals surface area (Å²) in [4.78, 5) is 23.6. The molecule has 0 atom stereocenters. The molecule has 6 nitrogen and oxygen atoms in total. The molecule has 0 unspecified atom stereocenters. The fraction of sp³-hybridized carbons (Fsp3) is 0.312. The van der Waals surface area contributed by atoms with E-state index in [0.717, 1.165) is 11.3 Å². The molecule has 0 aliphatic heterocycles. The van der Waals surface area contributed by atoms with Crippen molar-refractivity contribution in [3.8, 4) is 0 Å². The summed E-state index contributed by atoms with van der Waals surface area (Å²) in [6.07, 6.45) is 0. The minimum Gasteiger partial charge on any atom is -0.350 e. The van der Waals surface area contributed by atoms with E-state index in [1.807, 2.05) is 38.1 Å². The smallest absolute Gasteiger partial charge is 0.272 e. The molecular formula is C16H20N4O2. The van der Waals surface area contributed by atoms with Gasteiger partial charge >= 0.3 is 0 Å². The number of hydrogen-bond donors (Lipinski definition) is 2. The topological polar surface area (TPSA) is 76.0 Å². The number of hydrogen-bond acceptors (Lipinski definition) is 3. The molecule has 2 rings (SSSR count). The quantitative estimate of drug-likeness (QED) is 0.867. The molecule has 116 valence electrons. The Bertz CT molecular complexity index is 654. The third-order valence-electron chi connectivity index (χ3n) is 3.37. The van der Waals surface area contributed by atoms with Gasteiger partial charge in [0.05, 0.1) is 6.54 Å². The molecule has 1 aromatic heterocycles. The Morgan fingerprint density at radius 2 is 1.82 bits per heavy atom. The van der Waals surface area contributed by atoms with E-state index in [4.69, 9.17) is 0 Å². The summed E-state index contributed by atoms with van der Waals surface area (Å²) >= 11 is 0. The zero-order valence-corrected chi connectivity index (χ0v) is 13.0. The summed E-state index contributed by atoms with van der Waals surface area (Å²) in [6.45, 7) is 4.24. The lowest BCUT2D eigenvalue weighted by molar-refractivity contribution is -0.120. The van der Waals surface area contributed by atoms with Crippen LogP contribution in [0.3, 0.4) is 0 Å². The zero-order chi connectivity index (χ0) is 16.1. The Hall–Kier alpha value is -2.63. The third kappa shape index (κ3) is 4.18. The van der Waals surface area contributed by atoms with Gasteiger partial charge in [0.1, 0.15) is 5.69 Å². The highest BCUT2D eigenvalue weighted by Crippen LogP contribution is 2.02. The molecule has 0 aliphatic rings. The van der Waals surface area contributed by atoms with Gasteiger partial charge in [0.2, 0.25) is 5.91 Å². The Kier molecular flexibility index (Phi) is 4.93. The summed E-state index contributed by atoms with van der Waals surface area (Å²) in [5.74, 6) is -0.587. The first-order chi connectivity index (χ1) is 10.5. The summed E-state index contributed by atoms with van der Waals surface area (Å²) in [5.41, 5.74) is 3.39. The van der Waals surface area contributed by atoms with Crippen molar-refractivity contribution in [1.29, 1.82) is 0 Å².